The average Bonchev–Trinajstić information content (AvgIpc) is 3.66. The maximum atomic E-state index is 6.99. The number of imidazole rings is 2. The van der Waals surface area contributed by atoms with Crippen LogP contribution in [0.3, 0.4) is 0 Å². The van der Waals surface area contributed by atoms with Gasteiger partial charge in [-0.3, -0.25) is 0 Å². The van der Waals surface area contributed by atoms with E-state index in [4.69, 9.17) is 4.74 Å². The zero-order valence-corrected chi connectivity index (χ0v) is 22.5. The lowest BCUT2D eigenvalue weighted by molar-refractivity contribution is -0.0239. The molecule has 5 nitrogen and oxygen atoms in total. The van der Waals surface area contributed by atoms with E-state index >= 15 is 0 Å². The Hall–Kier alpha value is -3.18. The fourth-order valence-corrected chi connectivity index (χ4v) is 4.80. The van der Waals surface area contributed by atoms with E-state index in [9.17, 15) is 0 Å². The number of ether oxygens (including phenoxy) is 1. The predicted molar refractivity (Wildman–Crippen MR) is 150 cm³/mol. The van der Waals surface area contributed by atoms with Crippen LogP contribution < -0.4 is 0 Å². The molecule has 2 heterocycles. The van der Waals surface area contributed by atoms with Crippen molar-refractivity contribution in [2.45, 2.75) is 90.3 Å². The summed E-state index contributed by atoms with van der Waals surface area (Å²) in [6.45, 7) is 4.49. The van der Waals surface area contributed by atoms with E-state index in [0.717, 1.165) is 49.9 Å². The second kappa shape index (κ2) is 14.5. The molecule has 2 unspecified atom stereocenters. The number of aromatic nitrogens is 4. The van der Waals surface area contributed by atoms with Crippen LogP contribution >= 0.6 is 0 Å². The van der Waals surface area contributed by atoms with E-state index in [1.807, 2.05) is 12.4 Å². The Morgan fingerprint density at radius 1 is 0.622 bits per heavy atom. The summed E-state index contributed by atoms with van der Waals surface area (Å²) in [6.07, 6.45) is 18.0. The predicted octanol–water partition coefficient (Wildman–Crippen LogP) is 7.88. The van der Waals surface area contributed by atoms with Gasteiger partial charge in [0.15, 0.2) is 0 Å². The van der Waals surface area contributed by atoms with Crippen LogP contribution in [0, 0.1) is 0 Å². The van der Waals surface area contributed by atoms with Crippen LogP contribution in [-0.2, 0) is 30.4 Å². The molecule has 4 aromatic rings. The normalized spacial score (nSPS) is 13.0. The van der Waals surface area contributed by atoms with Crippen molar-refractivity contribution in [2.75, 3.05) is 0 Å². The first-order chi connectivity index (χ1) is 18.2. The van der Waals surface area contributed by atoms with Gasteiger partial charge in [-0.05, 0) is 73.6 Å². The van der Waals surface area contributed by atoms with Crippen LogP contribution in [0.2, 0.25) is 0 Å². The van der Waals surface area contributed by atoms with Crippen LogP contribution in [0.5, 0.6) is 0 Å². The molecule has 0 aliphatic heterocycles. The minimum Gasteiger partial charge on any atom is -0.366 e. The molecule has 0 radical (unpaired) electrons. The molecule has 0 aliphatic rings. The highest BCUT2D eigenvalue weighted by molar-refractivity contribution is 5.27. The smallest absolute Gasteiger partial charge is 0.0921 e. The standard InChI is InChI=1S/C32H42N4O/c1-3-5-7-25-9-13-27(14-10-25)31(19-17-29-21-33-23-35-29)37-32(20-18-30-22-34-24-36-30)28-15-11-26(12-16-28)8-6-4-2/h9-16,21-24,31-32H,3-8,17-20H2,1-2H3,(H,33,35)(H,34,36). The highest BCUT2D eigenvalue weighted by Gasteiger charge is 2.21. The quantitative estimate of drug-likeness (QED) is 0.165. The summed E-state index contributed by atoms with van der Waals surface area (Å²) in [6, 6.07) is 18.2. The van der Waals surface area contributed by atoms with E-state index in [1.165, 1.54) is 47.9 Å². The van der Waals surface area contributed by atoms with Crippen molar-refractivity contribution in [3.8, 4) is 0 Å². The van der Waals surface area contributed by atoms with Crippen LogP contribution in [-0.4, -0.2) is 19.9 Å². The molecule has 2 aromatic heterocycles. The zero-order valence-electron chi connectivity index (χ0n) is 22.5. The number of nitrogens with zero attached hydrogens (tertiary/aromatic N) is 2. The second-order valence-corrected chi connectivity index (χ2v) is 10.0. The van der Waals surface area contributed by atoms with Crippen LogP contribution in [0.4, 0.5) is 0 Å². The Morgan fingerprint density at radius 3 is 1.41 bits per heavy atom. The van der Waals surface area contributed by atoms with Crippen molar-refractivity contribution in [1.29, 1.82) is 0 Å². The van der Waals surface area contributed by atoms with Gasteiger partial charge in [0, 0.05) is 23.8 Å². The summed E-state index contributed by atoms with van der Waals surface area (Å²) in [4.78, 5) is 14.9. The average molecular weight is 499 g/mol. The van der Waals surface area contributed by atoms with Crippen molar-refractivity contribution >= 4 is 0 Å². The van der Waals surface area contributed by atoms with E-state index in [2.05, 4.69) is 82.3 Å². The third-order valence-electron chi connectivity index (χ3n) is 7.13. The number of hydrogen-bond acceptors (Lipinski definition) is 3. The number of aromatic amines is 2. The highest BCUT2D eigenvalue weighted by Crippen LogP contribution is 2.33. The molecule has 0 fully saturated rings. The molecular weight excluding hydrogens is 456 g/mol. The first-order valence-electron chi connectivity index (χ1n) is 14.0. The summed E-state index contributed by atoms with van der Waals surface area (Å²) < 4.78 is 6.99. The van der Waals surface area contributed by atoms with Crippen molar-refractivity contribution in [2.24, 2.45) is 0 Å². The van der Waals surface area contributed by atoms with Gasteiger partial charge in [-0.2, -0.15) is 0 Å². The van der Waals surface area contributed by atoms with E-state index < -0.39 is 0 Å². The van der Waals surface area contributed by atoms with Crippen LogP contribution in [0.25, 0.3) is 0 Å². The third-order valence-corrected chi connectivity index (χ3v) is 7.13. The third kappa shape index (κ3) is 8.43. The largest absolute Gasteiger partial charge is 0.366 e. The van der Waals surface area contributed by atoms with Gasteiger partial charge < -0.3 is 14.7 Å². The van der Waals surface area contributed by atoms with Gasteiger partial charge in [-0.1, -0.05) is 75.2 Å². The number of unbranched alkanes of at least 4 members (excludes halogenated alkanes) is 2. The minimum absolute atomic E-state index is 0.00457. The summed E-state index contributed by atoms with van der Waals surface area (Å²) in [5.74, 6) is 0. The lowest BCUT2D eigenvalue weighted by Gasteiger charge is -2.26. The number of aryl methyl sites for hydroxylation is 4. The number of benzene rings is 2. The van der Waals surface area contributed by atoms with Gasteiger partial charge in [0.05, 0.1) is 24.9 Å². The molecule has 4 rings (SSSR count). The molecule has 0 saturated heterocycles. The zero-order chi connectivity index (χ0) is 25.7. The number of nitrogens with one attached hydrogen (secondary N) is 2. The Kier molecular flexibility index (Phi) is 10.6. The summed E-state index contributed by atoms with van der Waals surface area (Å²) in [5.41, 5.74) is 7.56. The minimum atomic E-state index is -0.00457. The molecule has 0 spiro atoms. The SMILES string of the molecule is CCCCc1ccc(C(CCc2cnc[nH]2)OC(CCc2cnc[nH]2)c2ccc(CCCC)cc2)cc1. The van der Waals surface area contributed by atoms with Gasteiger partial charge in [-0.15, -0.1) is 0 Å². The van der Waals surface area contributed by atoms with E-state index in [-0.39, 0.29) is 12.2 Å². The number of rotatable bonds is 16. The molecule has 0 saturated carbocycles. The lowest BCUT2D eigenvalue weighted by atomic mass is 9.98. The Balaban J connectivity index is 1.54. The van der Waals surface area contributed by atoms with Gasteiger partial charge >= 0.3 is 0 Å². The van der Waals surface area contributed by atoms with Crippen molar-refractivity contribution < 1.29 is 4.74 Å². The van der Waals surface area contributed by atoms with Gasteiger partial charge in [0.2, 0.25) is 0 Å². The Bertz CT molecular complexity index is 1030. The fraction of sp³-hybridized carbons (Fsp3) is 0.438. The molecular formula is C32H42N4O. The maximum Gasteiger partial charge on any atom is 0.0921 e. The summed E-state index contributed by atoms with van der Waals surface area (Å²) in [7, 11) is 0. The molecule has 2 atom stereocenters. The number of H-pyrrole nitrogens is 2. The number of hydrogen-bond donors (Lipinski definition) is 2. The molecule has 37 heavy (non-hydrogen) atoms. The molecule has 0 amide bonds. The monoisotopic (exact) mass is 498 g/mol. The lowest BCUT2D eigenvalue weighted by Crippen LogP contribution is -2.13. The first-order valence-corrected chi connectivity index (χ1v) is 14.0. The topological polar surface area (TPSA) is 66.6 Å². The maximum absolute atomic E-state index is 6.99. The van der Waals surface area contributed by atoms with Gasteiger partial charge in [0.25, 0.3) is 0 Å². The first kappa shape index (κ1) is 26.9. The van der Waals surface area contributed by atoms with Crippen LogP contribution in [0.15, 0.2) is 73.6 Å². The summed E-state index contributed by atoms with van der Waals surface area (Å²) >= 11 is 0. The van der Waals surface area contributed by atoms with E-state index in [0.29, 0.717) is 0 Å². The molecule has 2 N–H and O–H groups in total. The van der Waals surface area contributed by atoms with Crippen molar-refractivity contribution in [3.63, 3.8) is 0 Å². The molecule has 0 aliphatic carbocycles. The van der Waals surface area contributed by atoms with E-state index in [1.54, 1.807) is 12.7 Å². The van der Waals surface area contributed by atoms with Crippen molar-refractivity contribution in [1.82, 2.24) is 19.9 Å². The molecule has 0 bridgehead atoms. The second-order valence-electron chi connectivity index (χ2n) is 10.0. The van der Waals surface area contributed by atoms with Gasteiger partial charge in [0.1, 0.15) is 0 Å². The fourth-order valence-electron chi connectivity index (χ4n) is 4.80. The van der Waals surface area contributed by atoms with Crippen molar-refractivity contribution in [3.05, 3.63) is 107 Å². The summed E-state index contributed by atoms with van der Waals surface area (Å²) in [5, 5.41) is 0. The highest BCUT2D eigenvalue weighted by atomic mass is 16.5. The van der Waals surface area contributed by atoms with Gasteiger partial charge in [-0.25, -0.2) is 9.97 Å². The Morgan fingerprint density at radius 2 is 1.05 bits per heavy atom. The Labute approximate surface area is 222 Å². The van der Waals surface area contributed by atoms with Crippen LogP contribution in [0.1, 0.15) is 98.2 Å². The molecule has 2 aromatic carbocycles. The molecule has 5 heteroatoms. The molecule has 196 valence electrons.